The van der Waals surface area contributed by atoms with Crippen molar-refractivity contribution < 1.29 is 23.5 Å². The van der Waals surface area contributed by atoms with Crippen LogP contribution in [0.2, 0.25) is 0 Å². The first-order valence-electron chi connectivity index (χ1n) is 9.90. The number of hydrogen-bond acceptors (Lipinski definition) is 6. The molecule has 0 radical (unpaired) electrons. The van der Waals surface area contributed by atoms with E-state index in [4.69, 9.17) is 9.15 Å². The molecule has 0 saturated heterocycles. The molecule has 0 unspecified atom stereocenters. The van der Waals surface area contributed by atoms with Crippen LogP contribution < -0.4 is 10.2 Å². The molecular weight excluding hydrogens is 410 g/mol. The van der Waals surface area contributed by atoms with Gasteiger partial charge in [0.15, 0.2) is 12.0 Å². The van der Waals surface area contributed by atoms with Gasteiger partial charge in [0.05, 0.1) is 7.11 Å². The molecule has 2 aliphatic rings. The summed E-state index contributed by atoms with van der Waals surface area (Å²) < 4.78 is 16.1. The highest BCUT2D eigenvalue weighted by molar-refractivity contribution is 6.09. The summed E-state index contributed by atoms with van der Waals surface area (Å²) in [6, 6.07) is 17.1. The van der Waals surface area contributed by atoms with Crippen LogP contribution in [0.15, 0.2) is 69.9 Å². The number of ether oxygens (including phenoxy) is 2. The molecule has 0 bridgehead atoms. The number of amides is 1. The summed E-state index contributed by atoms with van der Waals surface area (Å²) in [4.78, 5) is 37.8. The Hall–Kier alpha value is -4.13. The Morgan fingerprint density at radius 2 is 1.75 bits per heavy atom. The number of rotatable bonds is 5. The Balaban J connectivity index is 1.98. The van der Waals surface area contributed by atoms with Crippen LogP contribution in [0.5, 0.6) is 5.75 Å². The third-order valence-electron chi connectivity index (χ3n) is 5.08. The van der Waals surface area contributed by atoms with Gasteiger partial charge in [-0.05, 0) is 35.9 Å². The number of methoxy groups -OCH3 is 1. The van der Waals surface area contributed by atoms with E-state index in [0.29, 0.717) is 28.2 Å². The summed E-state index contributed by atoms with van der Waals surface area (Å²) in [5, 5.41) is 0.737. The van der Waals surface area contributed by atoms with Gasteiger partial charge in [-0.2, -0.15) is 0 Å². The standard InChI is InChI=1S/C25H21NO6/c1-26(2)25(29)18-7-5-4-6-17(18)24-19-10-8-15(27)12-21(19)32-22-13-16(9-11-20(22)24)31-14-23(28)30-3/h4-13H,14H2,1-3H3. The van der Waals surface area contributed by atoms with Crippen LogP contribution in [0, 0.1) is 0 Å². The van der Waals surface area contributed by atoms with Gasteiger partial charge in [0, 0.05) is 48.3 Å². The Bertz CT molecular complexity index is 1350. The number of carbonyl (C=O) groups excluding carboxylic acids is 2. The molecule has 32 heavy (non-hydrogen) atoms. The minimum atomic E-state index is -0.506. The molecule has 1 aliphatic carbocycles. The zero-order valence-corrected chi connectivity index (χ0v) is 17.9. The second kappa shape index (κ2) is 8.55. The smallest absolute Gasteiger partial charge is 0.343 e. The predicted molar refractivity (Wildman–Crippen MR) is 120 cm³/mol. The van der Waals surface area contributed by atoms with Crippen LogP contribution in [0.3, 0.4) is 0 Å². The summed E-state index contributed by atoms with van der Waals surface area (Å²) in [5.74, 6) is 0.152. The summed E-state index contributed by atoms with van der Waals surface area (Å²) in [6.07, 6.45) is 0. The van der Waals surface area contributed by atoms with Gasteiger partial charge in [0.25, 0.3) is 5.91 Å². The maximum absolute atomic E-state index is 12.9. The van der Waals surface area contributed by atoms with Crippen molar-refractivity contribution in [1.82, 2.24) is 4.90 Å². The van der Waals surface area contributed by atoms with Gasteiger partial charge in [-0.25, -0.2) is 4.79 Å². The van der Waals surface area contributed by atoms with Crippen LogP contribution >= 0.6 is 0 Å². The molecule has 0 N–H and O–H groups in total. The third-order valence-corrected chi connectivity index (χ3v) is 5.08. The molecule has 0 atom stereocenters. The maximum atomic E-state index is 12.9. The molecule has 162 valence electrons. The second-order valence-electron chi connectivity index (χ2n) is 7.40. The normalized spacial score (nSPS) is 10.8. The van der Waals surface area contributed by atoms with E-state index in [9.17, 15) is 14.4 Å². The molecule has 7 heteroatoms. The Morgan fingerprint density at radius 3 is 2.50 bits per heavy atom. The summed E-state index contributed by atoms with van der Waals surface area (Å²) >= 11 is 0. The van der Waals surface area contributed by atoms with E-state index in [-0.39, 0.29) is 17.9 Å². The van der Waals surface area contributed by atoms with Gasteiger partial charge in [0.2, 0.25) is 0 Å². The fraction of sp³-hybridized carbons (Fsp3) is 0.160. The maximum Gasteiger partial charge on any atom is 0.343 e. The van der Waals surface area contributed by atoms with Crippen molar-refractivity contribution >= 4 is 22.8 Å². The van der Waals surface area contributed by atoms with E-state index in [2.05, 4.69) is 4.74 Å². The summed E-state index contributed by atoms with van der Waals surface area (Å²) in [6.45, 7) is -0.243. The highest BCUT2D eigenvalue weighted by Crippen LogP contribution is 2.42. The van der Waals surface area contributed by atoms with Gasteiger partial charge in [-0.3, -0.25) is 9.59 Å². The Morgan fingerprint density at radius 1 is 0.969 bits per heavy atom. The fourth-order valence-corrected chi connectivity index (χ4v) is 3.56. The number of nitrogens with zero attached hydrogens (tertiary/aromatic N) is 1. The zero-order chi connectivity index (χ0) is 22.8. The monoisotopic (exact) mass is 431 g/mol. The molecule has 0 fully saturated rings. The van der Waals surface area contributed by atoms with Gasteiger partial charge in [-0.15, -0.1) is 0 Å². The molecule has 1 heterocycles. The lowest BCUT2D eigenvalue weighted by Crippen LogP contribution is -2.22. The zero-order valence-electron chi connectivity index (χ0n) is 17.9. The Labute approximate surface area is 184 Å². The van der Waals surface area contributed by atoms with Crippen molar-refractivity contribution in [3.05, 3.63) is 76.5 Å². The predicted octanol–water partition coefficient (Wildman–Crippen LogP) is 3.82. The first-order chi connectivity index (χ1) is 15.4. The topological polar surface area (TPSA) is 86.0 Å². The molecule has 0 aromatic heterocycles. The largest absolute Gasteiger partial charge is 0.482 e. The SMILES string of the molecule is COC(=O)COc1ccc2c(-c3ccccc3C(=O)N(C)C)c3ccc(=O)cc-3oc2c1. The van der Waals surface area contributed by atoms with Gasteiger partial charge in [-0.1, -0.05) is 18.2 Å². The first kappa shape index (κ1) is 21.1. The van der Waals surface area contributed by atoms with E-state index < -0.39 is 5.97 Å². The van der Waals surface area contributed by atoms with Crippen LogP contribution in [0.25, 0.3) is 33.4 Å². The number of esters is 1. The number of benzene rings is 3. The van der Waals surface area contributed by atoms with Gasteiger partial charge < -0.3 is 18.8 Å². The minimum Gasteiger partial charge on any atom is -0.482 e. The first-order valence-corrected chi connectivity index (χ1v) is 9.90. The van der Waals surface area contributed by atoms with Crippen LogP contribution in [-0.2, 0) is 9.53 Å². The van der Waals surface area contributed by atoms with Gasteiger partial charge >= 0.3 is 5.97 Å². The van der Waals surface area contributed by atoms with Crippen molar-refractivity contribution in [2.45, 2.75) is 0 Å². The lowest BCUT2D eigenvalue weighted by atomic mass is 9.90. The Kier molecular flexibility index (Phi) is 5.64. The van der Waals surface area contributed by atoms with Crippen molar-refractivity contribution in [3.8, 4) is 28.2 Å². The van der Waals surface area contributed by atoms with E-state index >= 15 is 0 Å². The quantitative estimate of drug-likeness (QED) is 0.353. The molecule has 2 aromatic carbocycles. The van der Waals surface area contributed by atoms with Crippen LogP contribution in [-0.4, -0.2) is 44.6 Å². The average Bonchev–Trinajstić information content (AvgIpc) is 2.80. The minimum absolute atomic E-state index is 0.138. The third kappa shape index (κ3) is 3.92. The van der Waals surface area contributed by atoms with E-state index in [1.165, 1.54) is 24.1 Å². The van der Waals surface area contributed by atoms with Crippen LogP contribution in [0.4, 0.5) is 0 Å². The molecular formula is C25H21NO6. The molecule has 1 amide bonds. The molecule has 1 aliphatic heterocycles. The highest BCUT2D eigenvalue weighted by Gasteiger charge is 2.22. The average molecular weight is 431 g/mol. The van der Waals surface area contributed by atoms with Gasteiger partial charge in [0.1, 0.15) is 17.1 Å². The van der Waals surface area contributed by atoms with Crippen molar-refractivity contribution in [3.63, 3.8) is 0 Å². The lowest BCUT2D eigenvalue weighted by molar-refractivity contribution is -0.142. The van der Waals surface area contributed by atoms with Crippen molar-refractivity contribution in [2.75, 3.05) is 27.8 Å². The molecule has 0 saturated carbocycles. The molecule has 7 nitrogen and oxygen atoms in total. The lowest BCUT2D eigenvalue weighted by Gasteiger charge is -2.19. The molecule has 4 rings (SSSR count). The number of fused-ring (bicyclic) bond motifs is 2. The van der Waals surface area contributed by atoms with Crippen molar-refractivity contribution in [2.24, 2.45) is 0 Å². The number of hydrogen-bond donors (Lipinski definition) is 0. The molecule has 0 spiro atoms. The van der Waals surface area contributed by atoms with E-state index in [1.54, 1.807) is 38.4 Å². The van der Waals surface area contributed by atoms with E-state index in [0.717, 1.165) is 16.5 Å². The van der Waals surface area contributed by atoms with E-state index in [1.807, 2.05) is 24.3 Å². The highest BCUT2D eigenvalue weighted by atomic mass is 16.6. The van der Waals surface area contributed by atoms with Crippen molar-refractivity contribution in [1.29, 1.82) is 0 Å². The molecule has 2 aromatic rings. The number of carbonyl (C=O) groups is 2. The summed E-state index contributed by atoms with van der Waals surface area (Å²) in [7, 11) is 4.68. The fourth-order valence-electron chi connectivity index (χ4n) is 3.56. The van der Waals surface area contributed by atoms with Crippen LogP contribution in [0.1, 0.15) is 10.4 Å². The second-order valence-corrected chi connectivity index (χ2v) is 7.40. The summed E-state index contributed by atoms with van der Waals surface area (Å²) in [5.41, 5.74) is 2.99.